The van der Waals surface area contributed by atoms with Gasteiger partial charge in [0, 0.05) is 45.8 Å². The van der Waals surface area contributed by atoms with Crippen molar-refractivity contribution in [1.82, 2.24) is 19.4 Å². The van der Waals surface area contributed by atoms with Crippen molar-refractivity contribution in [3.8, 4) is 0 Å². The molecule has 0 aromatic rings. The average molecular weight is 432 g/mol. The van der Waals surface area contributed by atoms with Gasteiger partial charge in [0.1, 0.15) is 0 Å². The SMILES string of the molecule is CCCN1CCC(CN=C(NCC)N2CCN(S(=O)(=O)CCOC(C)C)CC2)C1. The first-order valence-electron chi connectivity index (χ1n) is 11.2. The van der Waals surface area contributed by atoms with Crippen LogP contribution in [0.15, 0.2) is 4.99 Å². The third-order valence-electron chi connectivity index (χ3n) is 5.47. The lowest BCUT2D eigenvalue weighted by Crippen LogP contribution is -2.54. The summed E-state index contributed by atoms with van der Waals surface area (Å²) in [5.74, 6) is 1.59. The molecule has 2 rings (SSSR count). The highest BCUT2D eigenvalue weighted by molar-refractivity contribution is 7.89. The molecule has 0 amide bonds. The van der Waals surface area contributed by atoms with E-state index in [1.54, 1.807) is 4.31 Å². The average Bonchev–Trinajstić information content (AvgIpc) is 3.12. The molecule has 9 heteroatoms. The van der Waals surface area contributed by atoms with Gasteiger partial charge in [-0.25, -0.2) is 8.42 Å². The summed E-state index contributed by atoms with van der Waals surface area (Å²) < 4.78 is 32.1. The summed E-state index contributed by atoms with van der Waals surface area (Å²) in [4.78, 5) is 9.61. The molecule has 2 saturated heterocycles. The van der Waals surface area contributed by atoms with Gasteiger partial charge in [-0.1, -0.05) is 6.92 Å². The monoisotopic (exact) mass is 431 g/mol. The van der Waals surface area contributed by atoms with Crippen LogP contribution in [-0.2, 0) is 14.8 Å². The van der Waals surface area contributed by atoms with Crippen molar-refractivity contribution in [3.05, 3.63) is 0 Å². The van der Waals surface area contributed by atoms with Crippen LogP contribution in [0.1, 0.15) is 40.5 Å². The zero-order chi connectivity index (χ0) is 21.3. The molecule has 0 bridgehead atoms. The molecule has 2 fully saturated rings. The van der Waals surface area contributed by atoms with Crippen LogP contribution in [0, 0.1) is 5.92 Å². The van der Waals surface area contributed by atoms with Gasteiger partial charge < -0.3 is 19.9 Å². The van der Waals surface area contributed by atoms with Crippen molar-refractivity contribution in [3.63, 3.8) is 0 Å². The highest BCUT2D eigenvalue weighted by Crippen LogP contribution is 2.17. The Kier molecular flexibility index (Phi) is 10.1. The lowest BCUT2D eigenvalue weighted by Gasteiger charge is -2.36. The fourth-order valence-electron chi connectivity index (χ4n) is 3.92. The fraction of sp³-hybridized carbons (Fsp3) is 0.950. The summed E-state index contributed by atoms with van der Waals surface area (Å²) >= 11 is 0. The molecule has 0 aromatic carbocycles. The summed E-state index contributed by atoms with van der Waals surface area (Å²) in [6, 6.07) is 0. The molecule has 0 spiro atoms. The Bertz CT molecular complexity index is 603. The van der Waals surface area contributed by atoms with Crippen molar-refractivity contribution in [2.24, 2.45) is 10.9 Å². The Morgan fingerprint density at radius 2 is 1.90 bits per heavy atom. The first kappa shape index (κ1) is 24.4. The van der Waals surface area contributed by atoms with E-state index in [9.17, 15) is 8.42 Å². The number of piperazine rings is 1. The minimum atomic E-state index is -3.26. The number of nitrogens with one attached hydrogen (secondary N) is 1. The maximum atomic E-state index is 12.5. The molecule has 1 unspecified atom stereocenters. The van der Waals surface area contributed by atoms with E-state index in [2.05, 4.69) is 29.0 Å². The Labute approximate surface area is 177 Å². The molecule has 0 aromatic heterocycles. The second kappa shape index (κ2) is 12.1. The molecule has 2 aliphatic heterocycles. The van der Waals surface area contributed by atoms with E-state index >= 15 is 0 Å². The number of ether oxygens (including phenoxy) is 1. The van der Waals surface area contributed by atoms with Crippen LogP contribution in [0.5, 0.6) is 0 Å². The van der Waals surface area contributed by atoms with Gasteiger partial charge >= 0.3 is 0 Å². The summed E-state index contributed by atoms with van der Waals surface area (Å²) in [5, 5.41) is 3.39. The molecule has 170 valence electrons. The largest absolute Gasteiger partial charge is 0.378 e. The molecular formula is C20H41N5O3S. The topological polar surface area (TPSA) is 77.5 Å². The maximum absolute atomic E-state index is 12.5. The zero-order valence-corrected chi connectivity index (χ0v) is 19.6. The molecule has 29 heavy (non-hydrogen) atoms. The smallest absolute Gasteiger partial charge is 0.216 e. The predicted octanol–water partition coefficient (Wildman–Crippen LogP) is 1.06. The summed E-state index contributed by atoms with van der Waals surface area (Å²) in [5.41, 5.74) is 0. The van der Waals surface area contributed by atoms with Gasteiger partial charge in [-0.2, -0.15) is 4.31 Å². The molecule has 0 saturated carbocycles. The van der Waals surface area contributed by atoms with Gasteiger partial charge in [-0.05, 0) is 52.6 Å². The fourth-order valence-corrected chi connectivity index (χ4v) is 5.20. The highest BCUT2D eigenvalue weighted by atomic mass is 32.2. The van der Waals surface area contributed by atoms with E-state index in [0.717, 1.165) is 25.6 Å². The van der Waals surface area contributed by atoms with Crippen molar-refractivity contribution in [1.29, 1.82) is 0 Å². The van der Waals surface area contributed by atoms with Gasteiger partial charge in [-0.15, -0.1) is 0 Å². The van der Waals surface area contributed by atoms with Gasteiger partial charge in [0.25, 0.3) is 0 Å². The van der Waals surface area contributed by atoms with Crippen LogP contribution in [0.2, 0.25) is 0 Å². The van der Waals surface area contributed by atoms with E-state index in [1.807, 2.05) is 13.8 Å². The third-order valence-corrected chi connectivity index (χ3v) is 7.30. The summed E-state index contributed by atoms with van der Waals surface area (Å²) in [7, 11) is -3.26. The predicted molar refractivity (Wildman–Crippen MR) is 119 cm³/mol. The van der Waals surface area contributed by atoms with Crippen LogP contribution in [-0.4, -0.2) is 106 Å². The van der Waals surface area contributed by atoms with Gasteiger partial charge in [0.15, 0.2) is 5.96 Å². The Morgan fingerprint density at radius 3 is 2.52 bits per heavy atom. The standard InChI is InChI=1S/C20H41N5O3S/c1-5-8-23-9-7-19(17-23)16-22-20(21-6-2)24-10-12-25(13-11-24)29(26,27)15-14-28-18(3)4/h18-19H,5-17H2,1-4H3,(H,21,22). The molecular weight excluding hydrogens is 390 g/mol. The van der Waals surface area contributed by atoms with Crippen LogP contribution in [0.25, 0.3) is 0 Å². The zero-order valence-electron chi connectivity index (χ0n) is 18.8. The van der Waals surface area contributed by atoms with Gasteiger partial charge in [0.05, 0.1) is 18.5 Å². The molecule has 2 aliphatic rings. The number of nitrogens with zero attached hydrogens (tertiary/aromatic N) is 4. The number of aliphatic imine (C=N–C) groups is 1. The second-order valence-corrected chi connectivity index (χ2v) is 10.4. The Hall–Kier alpha value is -0.900. The van der Waals surface area contributed by atoms with Crippen molar-refractivity contribution >= 4 is 16.0 Å². The van der Waals surface area contributed by atoms with E-state index in [1.165, 1.54) is 25.9 Å². The van der Waals surface area contributed by atoms with Crippen LogP contribution in [0.3, 0.4) is 0 Å². The van der Waals surface area contributed by atoms with Crippen LogP contribution < -0.4 is 5.32 Å². The quantitative estimate of drug-likeness (QED) is 0.412. The first-order valence-corrected chi connectivity index (χ1v) is 12.8. The van der Waals surface area contributed by atoms with E-state index in [4.69, 9.17) is 9.73 Å². The van der Waals surface area contributed by atoms with Crippen molar-refractivity contribution in [2.45, 2.75) is 46.6 Å². The van der Waals surface area contributed by atoms with Crippen molar-refractivity contribution < 1.29 is 13.2 Å². The number of guanidine groups is 1. The molecule has 0 aliphatic carbocycles. The van der Waals surface area contributed by atoms with Crippen molar-refractivity contribution in [2.75, 3.05) is 71.3 Å². The minimum absolute atomic E-state index is 0.0508. The number of likely N-dealkylation sites (tertiary alicyclic amines) is 1. The van der Waals surface area contributed by atoms with Crippen LogP contribution >= 0.6 is 0 Å². The highest BCUT2D eigenvalue weighted by Gasteiger charge is 2.28. The molecule has 8 nitrogen and oxygen atoms in total. The number of sulfonamides is 1. The normalized spacial score (nSPS) is 22.6. The maximum Gasteiger partial charge on any atom is 0.216 e. The summed E-state index contributed by atoms with van der Waals surface area (Å²) in [6.07, 6.45) is 2.47. The number of hydrogen-bond acceptors (Lipinski definition) is 5. The Balaban J connectivity index is 1.84. The molecule has 0 radical (unpaired) electrons. The van der Waals surface area contributed by atoms with E-state index in [0.29, 0.717) is 32.1 Å². The van der Waals surface area contributed by atoms with Gasteiger partial charge in [0.2, 0.25) is 10.0 Å². The van der Waals surface area contributed by atoms with E-state index in [-0.39, 0.29) is 18.5 Å². The number of hydrogen-bond donors (Lipinski definition) is 1. The van der Waals surface area contributed by atoms with E-state index < -0.39 is 10.0 Å². The second-order valence-electron chi connectivity index (χ2n) is 8.27. The van der Waals surface area contributed by atoms with Crippen LogP contribution in [0.4, 0.5) is 0 Å². The lowest BCUT2D eigenvalue weighted by atomic mass is 10.1. The van der Waals surface area contributed by atoms with Gasteiger partial charge in [-0.3, -0.25) is 4.99 Å². The molecule has 1 atom stereocenters. The summed E-state index contributed by atoms with van der Waals surface area (Å²) in [6.45, 7) is 15.9. The first-order chi connectivity index (χ1) is 13.9. The lowest BCUT2D eigenvalue weighted by molar-refractivity contribution is 0.0904. The Morgan fingerprint density at radius 1 is 1.17 bits per heavy atom. The third kappa shape index (κ3) is 8.03. The minimum Gasteiger partial charge on any atom is -0.378 e. The molecule has 1 N–H and O–H groups in total. The number of rotatable bonds is 10. The molecule has 2 heterocycles.